The fourth-order valence-electron chi connectivity index (χ4n) is 1.49. The van der Waals surface area contributed by atoms with Crippen LogP contribution in [-0.4, -0.2) is 39.1 Å². The Kier molecular flexibility index (Phi) is 5.23. The summed E-state index contributed by atoms with van der Waals surface area (Å²) in [5.41, 5.74) is 0.296. The zero-order valence-corrected chi connectivity index (χ0v) is 11.9. The van der Waals surface area contributed by atoms with Crippen LogP contribution in [0.5, 0.6) is 0 Å². The third-order valence-corrected chi connectivity index (χ3v) is 4.18. The standard InChI is InChI=1S/C12H15NO6S/c1-8-3-4-9(12(15)16)7-10(8)20(17,18)13-6-5-11(14)19-2/h3-4,7,13H,5-6H2,1-2H3,(H,15,16). The second-order valence-electron chi connectivity index (χ2n) is 4.01. The summed E-state index contributed by atoms with van der Waals surface area (Å²) in [5.74, 6) is -1.75. The molecule has 1 aromatic rings. The molecule has 2 N–H and O–H groups in total. The number of hydrogen-bond donors (Lipinski definition) is 2. The largest absolute Gasteiger partial charge is 0.478 e. The molecule has 0 saturated heterocycles. The lowest BCUT2D eigenvalue weighted by atomic mass is 10.1. The van der Waals surface area contributed by atoms with Crippen molar-refractivity contribution in [1.82, 2.24) is 4.72 Å². The predicted molar refractivity (Wildman–Crippen MR) is 70.0 cm³/mol. The van der Waals surface area contributed by atoms with Crippen molar-refractivity contribution in [2.75, 3.05) is 13.7 Å². The number of sulfonamides is 1. The molecule has 0 heterocycles. The number of aromatic carboxylic acids is 1. The first-order valence-electron chi connectivity index (χ1n) is 5.68. The van der Waals surface area contributed by atoms with E-state index < -0.39 is 22.0 Å². The molecule has 1 rings (SSSR count). The lowest BCUT2D eigenvalue weighted by Gasteiger charge is -2.09. The third kappa shape index (κ3) is 4.04. The second-order valence-corrected chi connectivity index (χ2v) is 5.74. The Labute approximate surface area is 116 Å². The van der Waals surface area contributed by atoms with E-state index in [-0.39, 0.29) is 23.4 Å². The monoisotopic (exact) mass is 301 g/mol. The molecule has 110 valence electrons. The van der Waals surface area contributed by atoms with Crippen LogP contribution in [0.15, 0.2) is 23.1 Å². The highest BCUT2D eigenvalue weighted by Gasteiger charge is 2.19. The maximum atomic E-state index is 12.0. The topological polar surface area (TPSA) is 110 Å². The van der Waals surface area contributed by atoms with Gasteiger partial charge in [-0.15, -0.1) is 0 Å². The Morgan fingerprint density at radius 1 is 1.35 bits per heavy atom. The molecular formula is C12H15NO6S. The van der Waals surface area contributed by atoms with Gasteiger partial charge in [-0.3, -0.25) is 4.79 Å². The van der Waals surface area contributed by atoms with Crippen LogP contribution in [0.4, 0.5) is 0 Å². The highest BCUT2D eigenvalue weighted by Crippen LogP contribution is 2.17. The SMILES string of the molecule is COC(=O)CCNS(=O)(=O)c1cc(C(=O)O)ccc1C. The van der Waals surface area contributed by atoms with Crippen LogP contribution in [0, 0.1) is 6.92 Å². The van der Waals surface area contributed by atoms with Crippen LogP contribution in [0.2, 0.25) is 0 Å². The number of carbonyl (C=O) groups excluding carboxylic acids is 1. The zero-order valence-electron chi connectivity index (χ0n) is 11.0. The molecule has 0 bridgehead atoms. The van der Waals surface area contributed by atoms with E-state index in [0.29, 0.717) is 5.56 Å². The first-order chi connectivity index (χ1) is 9.27. The Hall–Kier alpha value is -1.93. The third-order valence-electron chi connectivity index (χ3n) is 2.57. The average Bonchev–Trinajstić information content (AvgIpc) is 2.38. The molecule has 0 fully saturated rings. The summed E-state index contributed by atoms with van der Waals surface area (Å²) in [4.78, 5) is 21.6. The first kappa shape index (κ1) is 16.1. The van der Waals surface area contributed by atoms with E-state index in [2.05, 4.69) is 9.46 Å². The summed E-state index contributed by atoms with van der Waals surface area (Å²) in [6.45, 7) is 1.44. The van der Waals surface area contributed by atoms with Gasteiger partial charge in [0.25, 0.3) is 0 Å². The molecular weight excluding hydrogens is 286 g/mol. The summed E-state index contributed by atoms with van der Waals surface area (Å²) in [6.07, 6.45) is -0.104. The summed E-state index contributed by atoms with van der Waals surface area (Å²) in [5, 5.41) is 8.87. The highest BCUT2D eigenvalue weighted by molar-refractivity contribution is 7.89. The number of carbonyl (C=O) groups is 2. The molecule has 7 nitrogen and oxygen atoms in total. The maximum Gasteiger partial charge on any atom is 0.335 e. The van der Waals surface area contributed by atoms with Crippen LogP contribution in [0.3, 0.4) is 0 Å². The van der Waals surface area contributed by atoms with Crippen molar-refractivity contribution in [1.29, 1.82) is 0 Å². The van der Waals surface area contributed by atoms with E-state index in [0.717, 1.165) is 6.07 Å². The van der Waals surface area contributed by atoms with E-state index in [1.807, 2.05) is 0 Å². The van der Waals surface area contributed by atoms with E-state index in [9.17, 15) is 18.0 Å². The van der Waals surface area contributed by atoms with Gasteiger partial charge in [0.2, 0.25) is 10.0 Å². The molecule has 0 saturated carbocycles. The molecule has 0 amide bonds. The minimum atomic E-state index is -3.87. The van der Waals surface area contributed by atoms with Crippen LogP contribution in [-0.2, 0) is 19.6 Å². The van der Waals surface area contributed by atoms with Gasteiger partial charge in [-0.25, -0.2) is 17.9 Å². The highest BCUT2D eigenvalue weighted by atomic mass is 32.2. The Morgan fingerprint density at radius 2 is 2.00 bits per heavy atom. The first-order valence-corrected chi connectivity index (χ1v) is 7.16. The second kappa shape index (κ2) is 6.49. The molecule has 20 heavy (non-hydrogen) atoms. The van der Waals surface area contributed by atoms with Crippen LogP contribution in [0.25, 0.3) is 0 Å². The van der Waals surface area contributed by atoms with Crippen molar-refractivity contribution in [3.05, 3.63) is 29.3 Å². The number of hydrogen-bond acceptors (Lipinski definition) is 5. The van der Waals surface area contributed by atoms with Crippen LogP contribution in [0.1, 0.15) is 22.3 Å². The number of benzene rings is 1. The Morgan fingerprint density at radius 3 is 2.55 bits per heavy atom. The summed E-state index contributed by atoms with van der Waals surface area (Å²) < 4.78 is 30.7. The van der Waals surface area contributed by atoms with E-state index >= 15 is 0 Å². The number of aryl methyl sites for hydroxylation is 1. The van der Waals surface area contributed by atoms with Gasteiger partial charge in [-0.2, -0.15) is 0 Å². The lowest BCUT2D eigenvalue weighted by Crippen LogP contribution is -2.27. The van der Waals surface area contributed by atoms with Crippen molar-refractivity contribution < 1.29 is 27.9 Å². The van der Waals surface area contributed by atoms with Gasteiger partial charge in [0, 0.05) is 6.54 Å². The summed E-state index contributed by atoms with van der Waals surface area (Å²) >= 11 is 0. The van der Waals surface area contributed by atoms with Gasteiger partial charge in [-0.1, -0.05) is 6.07 Å². The Bertz CT molecular complexity index is 623. The zero-order chi connectivity index (χ0) is 15.3. The fourth-order valence-corrected chi connectivity index (χ4v) is 2.79. The predicted octanol–water partition coefficient (Wildman–Crippen LogP) is 0.535. The van der Waals surface area contributed by atoms with Crippen LogP contribution < -0.4 is 4.72 Å². The van der Waals surface area contributed by atoms with Crippen molar-refractivity contribution in [2.24, 2.45) is 0 Å². The molecule has 0 radical (unpaired) electrons. The molecule has 0 aliphatic heterocycles. The minimum absolute atomic E-state index is 0.104. The van der Waals surface area contributed by atoms with Gasteiger partial charge in [0.15, 0.2) is 0 Å². The number of ether oxygens (including phenoxy) is 1. The molecule has 0 spiro atoms. The number of carboxylic acids is 1. The van der Waals surface area contributed by atoms with Crippen molar-refractivity contribution >= 4 is 22.0 Å². The van der Waals surface area contributed by atoms with E-state index in [1.54, 1.807) is 6.92 Å². The number of esters is 1. The van der Waals surface area contributed by atoms with Gasteiger partial charge >= 0.3 is 11.9 Å². The normalized spacial score (nSPS) is 11.1. The fraction of sp³-hybridized carbons (Fsp3) is 0.333. The van der Waals surface area contributed by atoms with Gasteiger partial charge in [-0.05, 0) is 24.6 Å². The number of nitrogens with one attached hydrogen (secondary N) is 1. The number of carboxylic acid groups (broad SMARTS) is 1. The average molecular weight is 301 g/mol. The summed E-state index contributed by atoms with van der Waals surface area (Å²) in [7, 11) is -2.67. The Balaban J connectivity index is 2.94. The smallest absolute Gasteiger partial charge is 0.335 e. The van der Waals surface area contributed by atoms with Gasteiger partial charge in [0.05, 0.1) is 24.0 Å². The van der Waals surface area contributed by atoms with Crippen molar-refractivity contribution in [2.45, 2.75) is 18.2 Å². The van der Waals surface area contributed by atoms with Gasteiger partial charge in [0.1, 0.15) is 0 Å². The molecule has 0 aromatic heterocycles. The number of rotatable bonds is 6. The minimum Gasteiger partial charge on any atom is -0.478 e. The number of methoxy groups -OCH3 is 1. The van der Waals surface area contributed by atoms with Crippen LogP contribution >= 0.6 is 0 Å². The molecule has 0 aliphatic carbocycles. The molecule has 0 aliphatic rings. The van der Waals surface area contributed by atoms with E-state index in [4.69, 9.17) is 5.11 Å². The van der Waals surface area contributed by atoms with Crippen molar-refractivity contribution in [3.8, 4) is 0 Å². The van der Waals surface area contributed by atoms with Gasteiger partial charge < -0.3 is 9.84 Å². The molecule has 8 heteroatoms. The lowest BCUT2D eigenvalue weighted by molar-refractivity contribution is -0.140. The molecule has 0 atom stereocenters. The van der Waals surface area contributed by atoms with E-state index in [1.165, 1.54) is 19.2 Å². The molecule has 1 aromatic carbocycles. The quantitative estimate of drug-likeness (QED) is 0.742. The maximum absolute atomic E-state index is 12.0. The summed E-state index contributed by atoms with van der Waals surface area (Å²) in [6, 6.07) is 3.82. The molecule has 0 unspecified atom stereocenters. The van der Waals surface area contributed by atoms with Crippen molar-refractivity contribution in [3.63, 3.8) is 0 Å².